The van der Waals surface area contributed by atoms with Gasteiger partial charge in [-0.15, -0.1) is 11.3 Å². The van der Waals surface area contributed by atoms with Crippen molar-refractivity contribution in [3.63, 3.8) is 0 Å². The van der Waals surface area contributed by atoms with E-state index in [1.54, 1.807) is 19.0 Å². The van der Waals surface area contributed by atoms with Gasteiger partial charge in [0, 0.05) is 45.0 Å². The summed E-state index contributed by atoms with van der Waals surface area (Å²) < 4.78 is 11.8. The lowest BCUT2D eigenvalue weighted by Crippen LogP contribution is -2.43. The van der Waals surface area contributed by atoms with E-state index >= 15 is 0 Å². The lowest BCUT2D eigenvalue weighted by atomic mass is 9.88. The molecule has 5 nitrogen and oxygen atoms in total. The molecule has 1 amide bonds. The van der Waals surface area contributed by atoms with Crippen molar-refractivity contribution in [1.29, 1.82) is 0 Å². The van der Waals surface area contributed by atoms with Crippen LogP contribution in [0.25, 0.3) is 0 Å². The van der Waals surface area contributed by atoms with E-state index in [1.165, 1.54) is 4.88 Å². The normalized spacial score (nSPS) is 24.2. The zero-order valence-corrected chi connectivity index (χ0v) is 14.8. The van der Waals surface area contributed by atoms with Crippen LogP contribution >= 0.6 is 11.3 Å². The average Bonchev–Trinajstić information content (AvgIpc) is 3.18. The SMILES string of the molecule is CN(C)C(=O)CO[C@H]1COC2(CCN(Cc3cccs3)CC2)C1. The van der Waals surface area contributed by atoms with Crippen molar-refractivity contribution < 1.29 is 14.3 Å². The second-order valence-electron chi connectivity index (χ2n) is 6.77. The molecule has 0 bridgehead atoms. The average molecular weight is 338 g/mol. The molecule has 0 unspecified atom stereocenters. The molecule has 2 fully saturated rings. The maximum Gasteiger partial charge on any atom is 0.248 e. The van der Waals surface area contributed by atoms with Gasteiger partial charge in [0.1, 0.15) is 6.61 Å². The Labute approximate surface area is 142 Å². The largest absolute Gasteiger partial charge is 0.372 e. The molecule has 1 aromatic heterocycles. The van der Waals surface area contributed by atoms with Gasteiger partial charge in [-0.05, 0) is 24.3 Å². The molecule has 0 N–H and O–H groups in total. The summed E-state index contributed by atoms with van der Waals surface area (Å²) in [5.41, 5.74) is -0.0300. The number of ether oxygens (including phenoxy) is 2. The highest BCUT2D eigenvalue weighted by molar-refractivity contribution is 7.09. The predicted octanol–water partition coefficient (Wildman–Crippen LogP) is 1.98. The van der Waals surface area contributed by atoms with Gasteiger partial charge in [0.2, 0.25) is 5.91 Å². The zero-order chi connectivity index (χ0) is 16.3. The Morgan fingerprint density at radius 2 is 2.26 bits per heavy atom. The first-order valence-electron chi connectivity index (χ1n) is 8.27. The van der Waals surface area contributed by atoms with Gasteiger partial charge in [-0.25, -0.2) is 0 Å². The van der Waals surface area contributed by atoms with E-state index in [-0.39, 0.29) is 24.2 Å². The molecule has 2 aliphatic heterocycles. The minimum atomic E-state index is -0.0300. The summed E-state index contributed by atoms with van der Waals surface area (Å²) in [7, 11) is 3.50. The summed E-state index contributed by atoms with van der Waals surface area (Å²) in [6.45, 7) is 3.96. The molecule has 23 heavy (non-hydrogen) atoms. The van der Waals surface area contributed by atoms with Gasteiger partial charge in [-0.3, -0.25) is 9.69 Å². The number of rotatable bonds is 5. The van der Waals surface area contributed by atoms with E-state index < -0.39 is 0 Å². The van der Waals surface area contributed by atoms with E-state index in [0.717, 1.165) is 38.9 Å². The zero-order valence-electron chi connectivity index (χ0n) is 14.0. The third-order valence-electron chi connectivity index (χ3n) is 4.84. The highest BCUT2D eigenvalue weighted by Crippen LogP contribution is 2.37. The Kier molecular flexibility index (Phi) is 5.36. The summed E-state index contributed by atoms with van der Waals surface area (Å²) in [4.78, 5) is 17.1. The standard InChI is InChI=1S/C17H26N2O3S/c1-18(2)16(20)13-21-14-10-17(22-12-14)5-7-19(8-6-17)11-15-4-3-9-23-15/h3-4,9,14H,5-8,10-13H2,1-2H3/t14-/m1/s1. The maximum absolute atomic E-state index is 11.6. The van der Waals surface area contributed by atoms with Crippen LogP contribution < -0.4 is 0 Å². The third kappa shape index (κ3) is 4.32. The first-order chi connectivity index (χ1) is 11.1. The van der Waals surface area contributed by atoms with E-state index in [2.05, 4.69) is 22.4 Å². The molecule has 2 aliphatic rings. The third-order valence-corrected chi connectivity index (χ3v) is 5.70. The maximum atomic E-state index is 11.6. The van der Waals surface area contributed by atoms with Crippen molar-refractivity contribution in [1.82, 2.24) is 9.80 Å². The van der Waals surface area contributed by atoms with Gasteiger partial charge in [0.05, 0.1) is 18.3 Å². The number of likely N-dealkylation sites (tertiary alicyclic amines) is 1. The molecule has 2 saturated heterocycles. The Hall–Kier alpha value is -0.950. The van der Waals surface area contributed by atoms with Crippen LogP contribution in [0.3, 0.4) is 0 Å². The van der Waals surface area contributed by atoms with Crippen LogP contribution in [0.15, 0.2) is 17.5 Å². The predicted molar refractivity (Wildman–Crippen MR) is 90.6 cm³/mol. The van der Waals surface area contributed by atoms with E-state index in [4.69, 9.17) is 9.47 Å². The van der Waals surface area contributed by atoms with Crippen molar-refractivity contribution in [2.75, 3.05) is 40.4 Å². The Bertz CT molecular complexity index is 510. The number of likely N-dealkylation sites (N-methyl/N-ethyl adjacent to an activating group) is 1. The first-order valence-corrected chi connectivity index (χ1v) is 9.15. The molecule has 0 aliphatic carbocycles. The highest BCUT2D eigenvalue weighted by Gasteiger charge is 2.43. The van der Waals surface area contributed by atoms with Crippen molar-refractivity contribution in [2.24, 2.45) is 0 Å². The van der Waals surface area contributed by atoms with Crippen LogP contribution in [-0.2, 0) is 20.8 Å². The summed E-state index contributed by atoms with van der Waals surface area (Å²) in [5, 5.41) is 2.14. The molecule has 1 spiro atoms. The van der Waals surface area contributed by atoms with Crippen LogP contribution in [-0.4, -0.2) is 67.8 Å². The van der Waals surface area contributed by atoms with Crippen LogP contribution in [0.1, 0.15) is 24.1 Å². The number of thiophene rings is 1. The van der Waals surface area contributed by atoms with Gasteiger partial charge in [0.15, 0.2) is 0 Å². The Balaban J connectivity index is 1.43. The fourth-order valence-corrected chi connectivity index (χ4v) is 4.06. The minimum absolute atomic E-state index is 0.0108. The first kappa shape index (κ1) is 16.9. The number of carbonyl (C=O) groups is 1. The molecule has 0 saturated carbocycles. The number of hydrogen-bond donors (Lipinski definition) is 0. The topological polar surface area (TPSA) is 42.0 Å². The summed E-state index contributed by atoms with van der Waals surface area (Å²) in [6, 6.07) is 4.31. The minimum Gasteiger partial charge on any atom is -0.372 e. The van der Waals surface area contributed by atoms with Crippen LogP contribution in [0, 0.1) is 0 Å². The second-order valence-corrected chi connectivity index (χ2v) is 7.81. The van der Waals surface area contributed by atoms with E-state index in [9.17, 15) is 4.79 Å². The van der Waals surface area contributed by atoms with Crippen molar-refractivity contribution >= 4 is 17.2 Å². The smallest absolute Gasteiger partial charge is 0.248 e. The van der Waals surface area contributed by atoms with Gasteiger partial charge < -0.3 is 14.4 Å². The fraction of sp³-hybridized carbons (Fsp3) is 0.706. The highest BCUT2D eigenvalue weighted by atomic mass is 32.1. The molecule has 0 aromatic carbocycles. The number of piperidine rings is 1. The monoisotopic (exact) mass is 338 g/mol. The Morgan fingerprint density at radius 3 is 2.91 bits per heavy atom. The molecule has 0 radical (unpaired) electrons. The van der Waals surface area contributed by atoms with Gasteiger partial charge >= 0.3 is 0 Å². The van der Waals surface area contributed by atoms with E-state index in [0.29, 0.717) is 6.61 Å². The van der Waals surface area contributed by atoms with Crippen LogP contribution in [0.2, 0.25) is 0 Å². The van der Waals surface area contributed by atoms with Crippen molar-refractivity contribution in [2.45, 2.75) is 37.5 Å². The molecule has 1 atom stereocenters. The summed E-state index contributed by atoms with van der Waals surface area (Å²) >= 11 is 1.82. The molecule has 3 rings (SSSR count). The van der Waals surface area contributed by atoms with Crippen LogP contribution in [0.5, 0.6) is 0 Å². The number of hydrogen-bond acceptors (Lipinski definition) is 5. The van der Waals surface area contributed by atoms with Crippen molar-refractivity contribution in [3.8, 4) is 0 Å². The molecular weight excluding hydrogens is 312 g/mol. The lowest BCUT2D eigenvalue weighted by molar-refractivity contribution is -0.135. The lowest BCUT2D eigenvalue weighted by Gasteiger charge is -2.38. The van der Waals surface area contributed by atoms with Gasteiger partial charge in [-0.1, -0.05) is 6.07 Å². The molecule has 3 heterocycles. The van der Waals surface area contributed by atoms with Gasteiger partial charge in [-0.2, -0.15) is 0 Å². The second kappa shape index (κ2) is 7.30. The summed E-state index contributed by atoms with van der Waals surface area (Å²) in [6.07, 6.45) is 3.09. The van der Waals surface area contributed by atoms with Crippen molar-refractivity contribution in [3.05, 3.63) is 22.4 Å². The van der Waals surface area contributed by atoms with Gasteiger partial charge in [0.25, 0.3) is 0 Å². The summed E-state index contributed by atoms with van der Waals surface area (Å²) in [5.74, 6) is 0.0108. The Morgan fingerprint density at radius 1 is 1.48 bits per heavy atom. The fourth-order valence-electron chi connectivity index (χ4n) is 3.32. The molecular formula is C17H26N2O3S. The molecule has 1 aromatic rings. The number of nitrogens with zero attached hydrogens (tertiary/aromatic N) is 2. The number of amides is 1. The number of carbonyl (C=O) groups excluding carboxylic acids is 1. The van der Waals surface area contributed by atoms with E-state index in [1.807, 2.05) is 11.3 Å². The van der Waals surface area contributed by atoms with Crippen LogP contribution in [0.4, 0.5) is 0 Å². The molecule has 6 heteroatoms. The molecule has 128 valence electrons. The quantitative estimate of drug-likeness (QED) is 0.823.